The van der Waals surface area contributed by atoms with Crippen LogP contribution < -0.4 is 9.47 Å². The molecule has 3 aromatic rings. The Morgan fingerprint density at radius 1 is 1.42 bits per heavy atom. The van der Waals surface area contributed by atoms with Crippen molar-refractivity contribution in [3.63, 3.8) is 0 Å². The molecule has 5 nitrogen and oxygen atoms in total. The SMILES string of the molecule is COc1nc2c(Cl)cc(F)c(-c3nn(C)c(OC(F)F)c3Br)c2s1. The minimum absolute atomic E-state index is 0.0711. The van der Waals surface area contributed by atoms with Gasteiger partial charge in [-0.05, 0) is 22.0 Å². The van der Waals surface area contributed by atoms with E-state index < -0.39 is 12.4 Å². The second kappa shape index (κ2) is 6.41. The highest BCUT2D eigenvalue weighted by Crippen LogP contribution is 2.44. The molecule has 0 saturated heterocycles. The maximum atomic E-state index is 14.6. The maximum Gasteiger partial charge on any atom is 0.388 e. The number of thiazole rings is 1. The monoisotopic (exact) mass is 441 g/mol. The minimum Gasteiger partial charge on any atom is -0.473 e. The zero-order valence-electron chi connectivity index (χ0n) is 12.1. The first-order chi connectivity index (χ1) is 11.3. The van der Waals surface area contributed by atoms with E-state index in [1.54, 1.807) is 0 Å². The van der Waals surface area contributed by atoms with Crippen LogP contribution in [0.25, 0.3) is 21.5 Å². The molecule has 0 amide bonds. The van der Waals surface area contributed by atoms with Crippen LogP contribution in [0.15, 0.2) is 10.5 Å². The van der Waals surface area contributed by atoms with Gasteiger partial charge in [-0.3, -0.25) is 0 Å². The molecule has 2 aromatic heterocycles. The Balaban J connectivity index is 2.29. The van der Waals surface area contributed by atoms with Crippen LogP contribution in [0.5, 0.6) is 11.1 Å². The van der Waals surface area contributed by atoms with Crippen molar-refractivity contribution in [1.29, 1.82) is 0 Å². The number of nitrogens with zero attached hydrogens (tertiary/aromatic N) is 3. The zero-order valence-corrected chi connectivity index (χ0v) is 15.3. The van der Waals surface area contributed by atoms with Crippen molar-refractivity contribution < 1.29 is 22.6 Å². The van der Waals surface area contributed by atoms with Crippen LogP contribution in [0.3, 0.4) is 0 Å². The zero-order chi connectivity index (χ0) is 17.6. The summed E-state index contributed by atoms with van der Waals surface area (Å²) in [5.41, 5.74) is 0.504. The lowest BCUT2D eigenvalue weighted by Gasteiger charge is -2.04. The van der Waals surface area contributed by atoms with Crippen LogP contribution in [0.1, 0.15) is 0 Å². The van der Waals surface area contributed by atoms with Gasteiger partial charge in [-0.15, -0.1) is 0 Å². The first kappa shape index (κ1) is 17.3. The molecule has 0 saturated carbocycles. The molecule has 0 atom stereocenters. The highest BCUT2D eigenvalue weighted by atomic mass is 79.9. The molecule has 0 bridgehead atoms. The first-order valence-electron chi connectivity index (χ1n) is 6.33. The number of alkyl halides is 2. The van der Waals surface area contributed by atoms with Gasteiger partial charge in [-0.25, -0.2) is 14.1 Å². The largest absolute Gasteiger partial charge is 0.473 e. The van der Waals surface area contributed by atoms with Gasteiger partial charge in [0.1, 0.15) is 21.5 Å². The van der Waals surface area contributed by atoms with E-state index in [1.165, 1.54) is 14.2 Å². The smallest absolute Gasteiger partial charge is 0.388 e. The number of methoxy groups -OCH3 is 1. The summed E-state index contributed by atoms with van der Waals surface area (Å²) in [5, 5.41) is 4.48. The van der Waals surface area contributed by atoms with E-state index in [0.29, 0.717) is 10.2 Å². The number of rotatable bonds is 4. The van der Waals surface area contributed by atoms with E-state index in [1.807, 2.05) is 0 Å². The Morgan fingerprint density at radius 3 is 2.75 bits per heavy atom. The van der Waals surface area contributed by atoms with Crippen molar-refractivity contribution >= 4 is 49.1 Å². The van der Waals surface area contributed by atoms with Crippen molar-refractivity contribution in [2.75, 3.05) is 7.11 Å². The minimum atomic E-state index is -3.04. The number of hydrogen-bond acceptors (Lipinski definition) is 5. The van der Waals surface area contributed by atoms with Crippen LogP contribution in [-0.2, 0) is 7.05 Å². The van der Waals surface area contributed by atoms with Gasteiger partial charge in [-0.2, -0.15) is 13.9 Å². The second-order valence-corrected chi connectivity index (χ2v) is 6.71. The molecule has 128 valence electrons. The van der Waals surface area contributed by atoms with E-state index in [0.717, 1.165) is 22.1 Å². The summed E-state index contributed by atoms with van der Waals surface area (Å²) in [7, 11) is 2.83. The fourth-order valence-corrected chi connectivity index (χ4v) is 4.01. The molecule has 0 N–H and O–H groups in total. The highest BCUT2D eigenvalue weighted by Gasteiger charge is 2.26. The van der Waals surface area contributed by atoms with Crippen LogP contribution in [-0.4, -0.2) is 28.5 Å². The van der Waals surface area contributed by atoms with Crippen LogP contribution in [0, 0.1) is 5.82 Å². The average Bonchev–Trinajstić information content (AvgIpc) is 3.04. The number of fused-ring (bicyclic) bond motifs is 1. The van der Waals surface area contributed by atoms with Crippen LogP contribution in [0.4, 0.5) is 13.2 Å². The Hall–Kier alpha value is -1.52. The molecular formula is C13H8BrClF3N3O2S. The number of aryl methyl sites for hydroxylation is 1. The summed E-state index contributed by atoms with van der Waals surface area (Å²) >= 11 is 10.2. The molecule has 2 heterocycles. The van der Waals surface area contributed by atoms with Gasteiger partial charge in [0.25, 0.3) is 5.19 Å². The van der Waals surface area contributed by atoms with Crippen molar-refractivity contribution in [3.05, 3.63) is 21.4 Å². The molecule has 0 radical (unpaired) electrons. The third-order valence-electron chi connectivity index (χ3n) is 3.10. The molecule has 0 aliphatic rings. The normalized spacial score (nSPS) is 11.5. The fourth-order valence-electron chi connectivity index (χ4n) is 2.15. The third kappa shape index (κ3) is 2.82. The quantitative estimate of drug-likeness (QED) is 0.579. The lowest BCUT2D eigenvalue weighted by Crippen LogP contribution is -2.06. The molecule has 0 aliphatic heterocycles. The predicted octanol–water partition coefficient (Wildman–Crippen LogP) is 4.86. The van der Waals surface area contributed by atoms with Crippen LogP contribution in [0.2, 0.25) is 5.02 Å². The number of hydrogen-bond donors (Lipinski definition) is 0. The third-order valence-corrected chi connectivity index (χ3v) is 5.14. The molecular weight excluding hydrogens is 435 g/mol. The van der Waals surface area contributed by atoms with Crippen LogP contribution >= 0.6 is 38.9 Å². The van der Waals surface area contributed by atoms with Gasteiger partial charge in [0.15, 0.2) is 0 Å². The Labute approximate surface area is 151 Å². The number of aromatic nitrogens is 3. The van der Waals surface area contributed by atoms with Gasteiger partial charge < -0.3 is 9.47 Å². The van der Waals surface area contributed by atoms with Gasteiger partial charge in [0.2, 0.25) is 5.88 Å². The van der Waals surface area contributed by atoms with Crippen molar-refractivity contribution in [2.24, 2.45) is 7.05 Å². The first-order valence-corrected chi connectivity index (χ1v) is 8.32. The average molecular weight is 443 g/mol. The van der Waals surface area contributed by atoms with E-state index >= 15 is 0 Å². The van der Waals surface area contributed by atoms with Gasteiger partial charge >= 0.3 is 6.61 Å². The fraction of sp³-hybridized carbons (Fsp3) is 0.231. The van der Waals surface area contributed by atoms with Crippen molar-refractivity contribution in [2.45, 2.75) is 6.61 Å². The summed E-state index contributed by atoms with van der Waals surface area (Å²) in [6.45, 7) is -3.04. The molecule has 0 aliphatic carbocycles. The standard InChI is InChI=1S/C13H8BrClF3N3O2S/c1-21-11(23-12(17)18)7(14)9(20-21)6-5(16)3-4(15)8-10(6)24-13(19-8)22-2/h3,12H,1-2H3. The van der Waals surface area contributed by atoms with E-state index in [2.05, 4.69) is 30.7 Å². The van der Waals surface area contributed by atoms with Gasteiger partial charge in [0, 0.05) is 7.05 Å². The summed E-state index contributed by atoms with van der Waals surface area (Å²) in [5.74, 6) is -0.889. The molecule has 0 spiro atoms. The summed E-state index contributed by atoms with van der Waals surface area (Å²) in [4.78, 5) is 4.16. The summed E-state index contributed by atoms with van der Waals surface area (Å²) in [6, 6.07) is 1.09. The Kier molecular flexibility index (Phi) is 4.63. The summed E-state index contributed by atoms with van der Waals surface area (Å²) in [6.07, 6.45) is 0. The molecule has 0 fully saturated rings. The lowest BCUT2D eigenvalue weighted by atomic mass is 10.1. The predicted molar refractivity (Wildman–Crippen MR) is 87.7 cm³/mol. The van der Waals surface area contributed by atoms with Gasteiger partial charge in [0.05, 0.1) is 22.4 Å². The second-order valence-electron chi connectivity index (χ2n) is 4.55. The number of halogens is 5. The highest BCUT2D eigenvalue weighted by molar-refractivity contribution is 9.10. The van der Waals surface area contributed by atoms with E-state index in [-0.39, 0.29) is 31.8 Å². The molecule has 1 aromatic carbocycles. The number of ether oxygens (including phenoxy) is 2. The maximum absolute atomic E-state index is 14.6. The van der Waals surface area contributed by atoms with E-state index in [4.69, 9.17) is 16.3 Å². The summed E-state index contributed by atoms with van der Waals surface area (Å²) < 4.78 is 50.7. The molecule has 11 heteroatoms. The van der Waals surface area contributed by atoms with Crippen molar-refractivity contribution in [1.82, 2.24) is 14.8 Å². The van der Waals surface area contributed by atoms with Gasteiger partial charge in [-0.1, -0.05) is 22.9 Å². The topological polar surface area (TPSA) is 49.2 Å². The molecule has 3 rings (SSSR count). The Morgan fingerprint density at radius 2 is 2.12 bits per heavy atom. The Bertz CT molecular complexity index is 931. The molecule has 0 unspecified atom stereocenters. The lowest BCUT2D eigenvalue weighted by molar-refractivity contribution is -0.0558. The van der Waals surface area contributed by atoms with E-state index in [9.17, 15) is 13.2 Å². The van der Waals surface area contributed by atoms with Crippen molar-refractivity contribution in [3.8, 4) is 22.3 Å². The number of benzene rings is 1. The molecule has 24 heavy (non-hydrogen) atoms.